The Balaban J connectivity index is 2.07. The molecule has 4 nitrogen and oxygen atoms in total. The number of benzene rings is 2. The van der Waals surface area contributed by atoms with Crippen LogP contribution in [0.1, 0.15) is 16.7 Å². The predicted molar refractivity (Wildman–Crippen MR) is 89.4 cm³/mol. The van der Waals surface area contributed by atoms with Gasteiger partial charge in [-0.15, -0.1) is 0 Å². The summed E-state index contributed by atoms with van der Waals surface area (Å²) >= 11 is 6.03. The van der Waals surface area contributed by atoms with Crippen molar-refractivity contribution in [1.29, 1.82) is 0 Å². The van der Waals surface area contributed by atoms with Crippen molar-refractivity contribution < 1.29 is 9.59 Å². The second-order valence-corrected chi connectivity index (χ2v) is 5.62. The van der Waals surface area contributed by atoms with Gasteiger partial charge in [-0.3, -0.25) is 9.59 Å². The number of nitrogens with one attached hydrogen (secondary N) is 2. The number of amides is 2. The van der Waals surface area contributed by atoms with E-state index < -0.39 is 11.8 Å². The van der Waals surface area contributed by atoms with Crippen molar-refractivity contribution in [3.63, 3.8) is 0 Å². The maximum Gasteiger partial charge on any atom is 0.314 e. The molecule has 114 valence electrons. The molecular formula is C17H17ClN2O2. The highest BCUT2D eigenvalue weighted by Crippen LogP contribution is 2.22. The average Bonchev–Trinajstić information content (AvgIpc) is 2.44. The van der Waals surface area contributed by atoms with E-state index in [-0.39, 0.29) is 0 Å². The molecule has 0 aromatic heterocycles. The summed E-state index contributed by atoms with van der Waals surface area (Å²) in [4.78, 5) is 23.9. The first-order chi connectivity index (χ1) is 10.4. The summed E-state index contributed by atoms with van der Waals surface area (Å²) in [7, 11) is 0. The van der Waals surface area contributed by atoms with Gasteiger partial charge in [-0.05, 0) is 50.1 Å². The number of carbonyl (C=O) groups is 2. The van der Waals surface area contributed by atoms with Crippen LogP contribution in [0.4, 0.5) is 11.4 Å². The summed E-state index contributed by atoms with van der Waals surface area (Å²) in [6.45, 7) is 5.73. The summed E-state index contributed by atoms with van der Waals surface area (Å²) in [6.07, 6.45) is 0. The van der Waals surface area contributed by atoms with Crippen molar-refractivity contribution in [2.24, 2.45) is 0 Å². The van der Waals surface area contributed by atoms with E-state index in [9.17, 15) is 9.59 Å². The molecule has 5 heteroatoms. The molecule has 0 radical (unpaired) electrons. The lowest BCUT2D eigenvalue weighted by molar-refractivity contribution is -0.133. The van der Waals surface area contributed by atoms with Crippen molar-refractivity contribution >= 4 is 34.8 Å². The van der Waals surface area contributed by atoms with Crippen molar-refractivity contribution in [2.45, 2.75) is 20.8 Å². The third-order valence-corrected chi connectivity index (χ3v) is 3.52. The Morgan fingerprint density at radius 1 is 0.818 bits per heavy atom. The van der Waals surface area contributed by atoms with E-state index in [4.69, 9.17) is 11.6 Å². The van der Waals surface area contributed by atoms with Gasteiger partial charge < -0.3 is 10.6 Å². The highest BCUT2D eigenvalue weighted by molar-refractivity contribution is 6.44. The molecule has 2 N–H and O–H groups in total. The fraction of sp³-hybridized carbons (Fsp3) is 0.176. The molecule has 0 unspecified atom stereocenters. The van der Waals surface area contributed by atoms with Crippen LogP contribution in [0.15, 0.2) is 36.4 Å². The van der Waals surface area contributed by atoms with Crippen LogP contribution in [0.2, 0.25) is 5.02 Å². The molecule has 22 heavy (non-hydrogen) atoms. The lowest BCUT2D eigenvalue weighted by atomic mass is 10.1. The van der Waals surface area contributed by atoms with Crippen LogP contribution in [0.5, 0.6) is 0 Å². The molecule has 0 bridgehead atoms. The van der Waals surface area contributed by atoms with Gasteiger partial charge in [0.2, 0.25) is 0 Å². The van der Waals surface area contributed by atoms with Crippen LogP contribution >= 0.6 is 11.6 Å². The molecule has 0 heterocycles. The smallest absolute Gasteiger partial charge is 0.314 e. The quantitative estimate of drug-likeness (QED) is 0.827. The second-order valence-electron chi connectivity index (χ2n) is 5.21. The lowest BCUT2D eigenvalue weighted by Gasteiger charge is -2.10. The third-order valence-electron chi connectivity index (χ3n) is 3.21. The summed E-state index contributed by atoms with van der Waals surface area (Å²) in [5, 5.41) is 5.50. The Labute approximate surface area is 134 Å². The van der Waals surface area contributed by atoms with Crippen molar-refractivity contribution in [3.05, 3.63) is 58.1 Å². The summed E-state index contributed by atoms with van der Waals surface area (Å²) in [5.41, 5.74) is 3.98. The van der Waals surface area contributed by atoms with Crippen LogP contribution in [-0.2, 0) is 9.59 Å². The molecule has 0 saturated heterocycles. The number of hydrogen-bond acceptors (Lipinski definition) is 2. The van der Waals surface area contributed by atoms with E-state index in [2.05, 4.69) is 10.6 Å². The minimum atomic E-state index is -0.759. The first-order valence-corrected chi connectivity index (χ1v) is 7.20. The normalized spacial score (nSPS) is 10.2. The number of aryl methyl sites for hydroxylation is 3. The molecule has 2 rings (SSSR count). The Bertz CT molecular complexity index is 678. The van der Waals surface area contributed by atoms with Gasteiger partial charge >= 0.3 is 11.8 Å². The van der Waals surface area contributed by atoms with Crippen LogP contribution < -0.4 is 10.6 Å². The SMILES string of the molecule is Cc1ccc(NC(=O)C(=O)Nc2ccc(C)cc2Cl)c(C)c1. The van der Waals surface area contributed by atoms with Gasteiger partial charge in [0, 0.05) is 5.69 Å². The molecular weight excluding hydrogens is 300 g/mol. The zero-order valence-corrected chi connectivity index (χ0v) is 13.4. The Kier molecular flexibility index (Phi) is 4.83. The van der Waals surface area contributed by atoms with Crippen LogP contribution in [-0.4, -0.2) is 11.8 Å². The number of anilines is 2. The summed E-state index contributed by atoms with van der Waals surface area (Å²) in [5.74, 6) is -1.49. The maximum atomic E-state index is 12.0. The van der Waals surface area contributed by atoms with Crippen LogP contribution in [0, 0.1) is 20.8 Å². The monoisotopic (exact) mass is 316 g/mol. The fourth-order valence-corrected chi connectivity index (χ4v) is 2.32. The van der Waals surface area contributed by atoms with E-state index in [0.717, 1.165) is 16.7 Å². The number of carbonyl (C=O) groups excluding carboxylic acids is 2. The zero-order valence-electron chi connectivity index (χ0n) is 12.7. The van der Waals surface area contributed by atoms with E-state index >= 15 is 0 Å². The Morgan fingerprint density at radius 2 is 1.32 bits per heavy atom. The lowest BCUT2D eigenvalue weighted by Crippen LogP contribution is -2.29. The van der Waals surface area contributed by atoms with E-state index in [0.29, 0.717) is 16.4 Å². The van der Waals surface area contributed by atoms with Gasteiger partial charge in [0.25, 0.3) is 0 Å². The molecule has 0 atom stereocenters. The van der Waals surface area contributed by atoms with Crippen LogP contribution in [0.25, 0.3) is 0 Å². The van der Waals surface area contributed by atoms with Crippen molar-refractivity contribution in [3.8, 4) is 0 Å². The van der Waals surface area contributed by atoms with Gasteiger partial charge in [-0.2, -0.15) is 0 Å². The molecule has 0 spiro atoms. The highest BCUT2D eigenvalue weighted by atomic mass is 35.5. The van der Waals surface area contributed by atoms with Gasteiger partial charge in [0.05, 0.1) is 10.7 Å². The molecule has 0 saturated carbocycles. The summed E-state index contributed by atoms with van der Waals surface area (Å²) < 4.78 is 0. The molecule has 0 aliphatic carbocycles. The topological polar surface area (TPSA) is 58.2 Å². The first kappa shape index (κ1) is 16.0. The molecule has 0 aliphatic heterocycles. The average molecular weight is 317 g/mol. The Hall–Kier alpha value is -2.33. The fourth-order valence-electron chi connectivity index (χ4n) is 2.03. The largest absolute Gasteiger partial charge is 0.318 e. The van der Waals surface area contributed by atoms with Gasteiger partial charge in [0.1, 0.15) is 0 Å². The van der Waals surface area contributed by atoms with Gasteiger partial charge in [-0.1, -0.05) is 35.4 Å². The second kappa shape index (κ2) is 6.62. The minimum absolute atomic E-state index is 0.396. The maximum absolute atomic E-state index is 12.0. The summed E-state index contributed by atoms with van der Waals surface area (Å²) in [6, 6.07) is 10.8. The molecule has 2 aromatic carbocycles. The number of rotatable bonds is 2. The molecule has 0 aliphatic rings. The van der Waals surface area contributed by atoms with Crippen molar-refractivity contribution in [1.82, 2.24) is 0 Å². The van der Waals surface area contributed by atoms with E-state index in [1.54, 1.807) is 18.2 Å². The highest BCUT2D eigenvalue weighted by Gasteiger charge is 2.16. The standard InChI is InChI=1S/C17H17ClN2O2/c1-10-4-6-14(12(3)8-10)19-16(21)17(22)20-15-7-5-11(2)9-13(15)18/h4-9H,1-3H3,(H,19,21)(H,20,22). The molecule has 0 fully saturated rings. The van der Waals surface area contributed by atoms with E-state index in [1.165, 1.54) is 0 Å². The molecule has 2 aromatic rings. The van der Waals surface area contributed by atoms with E-state index in [1.807, 2.05) is 39.0 Å². The zero-order chi connectivity index (χ0) is 16.3. The van der Waals surface area contributed by atoms with Gasteiger partial charge in [0.15, 0.2) is 0 Å². The van der Waals surface area contributed by atoms with Crippen molar-refractivity contribution in [2.75, 3.05) is 10.6 Å². The number of halogens is 1. The first-order valence-electron chi connectivity index (χ1n) is 6.82. The van der Waals surface area contributed by atoms with Gasteiger partial charge in [-0.25, -0.2) is 0 Å². The minimum Gasteiger partial charge on any atom is -0.318 e. The Morgan fingerprint density at radius 3 is 1.86 bits per heavy atom. The predicted octanol–water partition coefficient (Wildman–Crippen LogP) is 3.84. The number of hydrogen-bond donors (Lipinski definition) is 2. The van der Waals surface area contributed by atoms with Crippen LogP contribution in [0.3, 0.4) is 0 Å². The third kappa shape index (κ3) is 3.86. The molecule has 2 amide bonds.